The second-order valence-electron chi connectivity index (χ2n) is 4.48. The van der Waals surface area contributed by atoms with Crippen molar-refractivity contribution < 1.29 is 0 Å². The molecule has 1 aromatic rings. The minimum absolute atomic E-state index is 0.344. The molecule has 0 bridgehead atoms. The summed E-state index contributed by atoms with van der Waals surface area (Å²) >= 11 is 5.86. The SMILES string of the molecule is Cc1cc(N2CC(C)CC2C)nc(Cl)n1. The van der Waals surface area contributed by atoms with Crippen molar-refractivity contribution in [3.8, 4) is 0 Å². The Kier molecular flexibility index (Phi) is 2.83. The van der Waals surface area contributed by atoms with Gasteiger partial charge >= 0.3 is 0 Å². The van der Waals surface area contributed by atoms with Crippen LogP contribution in [0.25, 0.3) is 0 Å². The van der Waals surface area contributed by atoms with E-state index in [2.05, 4.69) is 28.7 Å². The highest BCUT2D eigenvalue weighted by Gasteiger charge is 2.27. The van der Waals surface area contributed by atoms with Gasteiger partial charge in [0.15, 0.2) is 0 Å². The molecular formula is C11H16ClN3. The fourth-order valence-corrected chi connectivity index (χ4v) is 2.50. The summed E-state index contributed by atoms with van der Waals surface area (Å²) in [6.07, 6.45) is 1.22. The van der Waals surface area contributed by atoms with Gasteiger partial charge in [0, 0.05) is 24.3 Å². The van der Waals surface area contributed by atoms with Crippen LogP contribution in [0.2, 0.25) is 5.28 Å². The Bertz CT molecular complexity index is 347. The van der Waals surface area contributed by atoms with Crippen molar-refractivity contribution in [2.45, 2.75) is 33.2 Å². The molecule has 0 aliphatic carbocycles. The Morgan fingerprint density at radius 2 is 2.13 bits per heavy atom. The topological polar surface area (TPSA) is 29.0 Å². The molecule has 1 fully saturated rings. The van der Waals surface area contributed by atoms with Gasteiger partial charge in [-0.25, -0.2) is 9.97 Å². The van der Waals surface area contributed by atoms with Crippen LogP contribution in [0.4, 0.5) is 5.82 Å². The third kappa shape index (κ3) is 2.23. The Labute approximate surface area is 95.5 Å². The number of nitrogens with zero attached hydrogens (tertiary/aromatic N) is 3. The summed E-state index contributed by atoms with van der Waals surface area (Å²) in [5.74, 6) is 1.69. The molecule has 4 heteroatoms. The molecule has 0 aromatic carbocycles. The number of hydrogen-bond acceptors (Lipinski definition) is 3. The summed E-state index contributed by atoms with van der Waals surface area (Å²) in [5.41, 5.74) is 0.928. The van der Waals surface area contributed by atoms with Gasteiger partial charge in [-0.3, -0.25) is 0 Å². The lowest BCUT2D eigenvalue weighted by molar-refractivity contribution is 0.625. The summed E-state index contributed by atoms with van der Waals surface area (Å²) in [4.78, 5) is 10.7. The lowest BCUT2D eigenvalue weighted by Gasteiger charge is -2.22. The number of hydrogen-bond donors (Lipinski definition) is 0. The molecule has 0 saturated carbocycles. The van der Waals surface area contributed by atoms with Crippen LogP contribution in [0.5, 0.6) is 0 Å². The first-order valence-corrected chi connectivity index (χ1v) is 5.72. The van der Waals surface area contributed by atoms with Gasteiger partial charge < -0.3 is 4.90 Å². The molecule has 2 rings (SSSR count). The van der Waals surface area contributed by atoms with E-state index >= 15 is 0 Å². The molecular weight excluding hydrogens is 210 g/mol. The molecule has 0 N–H and O–H groups in total. The average molecular weight is 226 g/mol. The number of anilines is 1. The van der Waals surface area contributed by atoms with E-state index < -0.39 is 0 Å². The zero-order valence-corrected chi connectivity index (χ0v) is 10.1. The Morgan fingerprint density at radius 3 is 2.67 bits per heavy atom. The summed E-state index contributed by atoms with van der Waals surface area (Å²) < 4.78 is 0. The summed E-state index contributed by atoms with van der Waals surface area (Å²) in [5, 5.41) is 0.344. The van der Waals surface area contributed by atoms with Gasteiger partial charge in [0.05, 0.1) is 0 Å². The number of aromatic nitrogens is 2. The Hall–Kier alpha value is -0.830. The molecule has 0 radical (unpaired) electrons. The molecule has 1 aromatic heterocycles. The zero-order chi connectivity index (χ0) is 11.0. The fourth-order valence-electron chi connectivity index (χ4n) is 2.28. The van der Waals surface area contributed by atoms with Crippen molar-refractivity contribution in [3.05, 3.63) is 17.0 Å². The third-order valence-corrected chi connectivity index (χ3v) is 3.06. The van der Waals surface area contributed by atoms with Crippen molar-refractivity contribution in [3.63, 3.8) is 0 Å². The first-order valence-electron chi connectivity index (χ1n) is 5.34. The maximum Gasteiger partial charge on any atom is 0.224 e. The first kappa shape index (κ1) is 10.7. The van der Waals surface area contributed by atoms with Crippen LogP contribution in [0.3, 0.4) is 0 Å². The molecule has 2 unspecified atom stereocenters. The van der Waals surface area contributed by atoms with Crippen molar-refractivity contribution in [1.82, 2.24) is 9.97 Å². The fraction of sp³-hybridized carbons (Fsp3) is 0.636. The van der Waals surface area contributed by atoms with Gasteiger partial charge in [0.1, 0.15) is 5.82 Å². The molecule has 3 nitrogen and oxygen atoms in total. The van der Waals surface area contributed by atoms with Gasteiger partial charge in [0.25, 0.3) is 0 Å². The van der Waals surface area contributed by atoms with Crippen molar-refractivity contribution >= 4 is 17.4 Å². The van der Waals surface area contributed by atoms with Gasteiger partial charge in [-0.05, 0) is 37.8 Å². The highest BCUT2D eigenvalue weighted by Crippen LogP contribution is 2.28. The van der Waals surface area contributed by atoms with E-state index in [1.54, 1.807) is 0 Å². The average Bonchev–Trinajstić information content (AvgIpc) is 2.43. The van der Waals surface area contributed by atoms with Crippen LogP contribution in [0, 0.1) is 12.8 Å². The van der Waals surface area contributed by atoms with Crippen LogP contribution < -0.4 is 4.90 Å². The zero-order valence-electron chi connectivity index (χ0n) is 9.37. The van der Waals surface area contributed by atoms with E-state index in [0.717, 1.165) is 24.0 Å². The molecule has 1 aliphatic rings. The second-order valence-corrected chi connectivity index (χ2v) is 4.82. The number of halogens is 1. The largest absolute Gasteiger partial charge is 0.353 e. The van der Waals surface area contributed by atoms with Crippen LogP contribution >= 0.6 is 11.6 Å². The van der Waals surface area contributed by atoms with Crippen LogP contribution in [-0.2, 0) is 0 Å². The van der Waals surface area contributed by atoms with Crippen molar-refractivity contribution in [2.24, 2.45) is 5.92 Å². The summed E-state index contributed by atoms with van der Waals surface area (Å²) in [6, 6.07) is 2.55. The molecule has 1 saturated heterocycles. The van der Waals surface area contributed by atoms with Crippen molar-refractivity contribution in [1.29, 1.82) is 0 Å². The molecule has 0 spiro atoms. The van der Waals surface area contributed by atoms with Crippen LogP contribution in [0.1, 0.15) is 26.0 Å². The molecule has 0 amide bonds. The molecule has 1 aliphatic heterocycles. The molecule has 2 atom stereocenters. The first-order chi connectivity index (χ1) is 7.06. The summed E-state index contributed by atoms with van der Waals surface area (Å²) in [7, 11) is 0. The van der Waals surface area contributed by atoms with E-state index in [9.17, 15) is 0 Å². The maximum absolute atomic E-state index is 5.86. The predicted octanol–water partition coefficient (Wildman–Crippen LogP) is 2.67. The van der Waals surface area contributed by atoms with Gasteiger partial charge in [-0.2, -0.15) is 0 Å². The molecule has 82 valence electrons. The van der Waals surface area contributed by atoms with E-state index in [0.29, 0.717) is 11.3 Å². The minimum Gasteiger partial charge on any atom is -0.353 e. The lowest BCUT2D eigenvalue weighted by atomic mass is 10.1. The highest BCUT2D eigenvalue weighted by atomic mass is 35.5. The predicted molar refractivity (Wildman–Crippen MR) is 62.4 cm³/mol. The van der Waals surface area contributed by atoms with E-state index in [1.165, 1.54) is 6.42 Å². The van der Waals surface area contributed by atoms with Gasteiger partial charge in [-0.1, -0.05) is 6.92 Å². The van der Waals surface area contributed by atoms with E-state index in [-0.39, 0.29) is 0 Å². The Morgan fingerprint density at radius 1 is 1.40 bits per heavy atom. The molecule has 2 heterocycles. The normalized spacial score (nSPS) is 26.0. The van der Waals surface area contributed by atoms with Crippen molar-refractivity contribution in [2.75, 3.05) is 11.4 Å². The smallest absolute Gasteiger partial charge is 0.224 e. The maximum atomic E-state index is 5.86. The van der Waals surface area contributed by atoms with Gasteiger partial charge in [-0.15, -0.1) is 0 Å². The van der Waals surface area contributed by atoms with E-state index in [4.69, 9.17) is 11.6 Å². The second kappa shape index (κ2) is 3.97. The Balaban J connectivity index is 2.29. The standard InChI is InChI=1S/C11H16ClN3/c1-7-4-9(3)15(6-7)10-5-8(2)13-11(12)14-10/h5,7,9H,4,6H2,1-3H3. The van der Waals surface area contributed by atoms with Crippen LogP contribution in [-0.4, -0.2) is 22.6 Å². The minimum atomic E-state index is 0.344. The van der Waals surface area contributed by atoms with Crippen LogP contribution in [0.15, 0.2) is 6.07 Å². The summed E-state index contributed by atoms with van der Waals surface area (Å²) in [6.45, 7) is 7.51. The lowest BCUT2D eigenvalue weighted by Crippen LogP contribution is -2.27. The monoisotopic (exact) mass is 225 g/mol. The number of rotatable bonds is 1. The van der Waals surface area contributed by atoms with Gasteiger partial charge in [0.2, 0.25) is 5.28 Å². The van der Waals surface area contributed by atoms with E-state index in [1.807, 2.05) is 13.0 Å². The third-order valence-electron chi connectivity index (χ3n) is 2.89. The quantitative estimate of drug-likeness (QED) is 0.689. The molecule has 15 heavy (non-hydrogen) atoms. The number of aryl methyl sites for hydroxylation is 1. The highest BCUT2D eigenvalue weighted by molar-refractivity contribution is 6.28.